The molecule has 3 atom stereocenters. The minimum absolute atomic E-state index is 0. The molecule has 1 saturated heterocycles. The molecule has 1 aliphatic heterocycles. The van der Waals surface area contributed by atoms with E-state index in [1.165, 1.54) is 32.1 Å². The number of halogens is 1. The molecule has 3 aliphatic rings. The number of fused-ring (bicyclic) bond motifs is 1. The minimum atomic E-state index is 0. The third-order valence-corrected chi connectivity index (χ3v) is 5.72. The van der Waals surface area contributed by atoms with Crippen LogP contribution in [0.1, 0.15) is 43.9 Å². The fraction of sp³-hybridized carbons (Fsp3) is 0.632. The zero-order valence-corrected chi connectivity index (χ0v) is 15.2. The summed E-state index contributed by atoms with van der Waals surface area (Å²) in [5.74, 6) is 2.12. The van der Waals surface area contributed by atoms with Crippen LogP contribution in [-0.2, 0) is 4.74 Å². The SMILES string of the molecule is Cl.c1cc2nc(C3CC3)oc2cc1NC1CCCC1C1COCCN1. The van der Waals surface area contributed by atoms with Crippen molar-refractivity contribution in [1.82, 2.24) is 10.3 Å². The van der Waals surface area contributed by atoms with E-state index in [0.717, 1.165) is 42.4 Å². The van der Waals surface area contributed by atoms with Crippen molar-refractivity contribution in [3.63, 3.8) is 0 Å². The number of rotatable bonds is 4. The number of nitrogens with zero attached hydrogens (tertiary/aromatic N) is 1. The number of nitrogens with one attached hydrogen (secondary N) is 2. The highest BCUT2D eigenvalue weighted by Crippen LogP contribution is 2.41. The Kier molecular flexibility index (Phi) is 4.89. The van der Waals surface area contributed by atoms with Gasteiger partial charge in [0.2, 0.25) is 0 Å². The summed E-state index contributed by atoms with van der Waals surface area (Å²) in [6.07, 6.45) is 6.23. The topological polar surface area (TPSA) is 59.3 Å². The van der Waals surface area contributed by atoms with Crippen molar-refractivity contribution in [3.8, 4) is 0 Å². The van der Waals surface area contributed by atoms with Crippen LogP contribution in [0.5, 0.6) is 0 Å². The number of oxazole rings is 1. The van der Waals surface area contributed by atoms with Crippen molar-refractivity contribution >= 4 is 29.2 Å². The Hall–Kier alpha value is -1.30. The summed E-state index contributed by atoms with van der Waals surface area (Å²) in [6, 6.07) is 7.33. The zero-order valence-electron chi connectivity index (χ0n) is 14.4. The third kappa shape index (κ3) is 3.50. The van der Waals surface area contributed by atoms with Gasteiger partial charge in [-0.3, -0.25) is 0 Å². The van der Waals surface area contributed by atoms with E-state index >= 15 is 0 Å². The van der Waals surface area contributed by atoms with Crippen molar-refractivity contribution in [2.24, 2.45) is 5.92 Å². The molecule has 2 heterocycles. The standard InChI is InChI=1S/C19H25N3O2.ClH/c1-2-14(17-11-23-9-8-20-17)15(3-1)21-13-6-7-16-18(10-13)24-19(22-16)12-4-5-12;/h6-7,10,12,14-15,17,20-21H,1-5,8-9,11H2;1H. The summed E-state index contributed by atoms with van der Waals surface area (Å²) < 4.78 is 11.6. The van der Waals surface area contributed by atoms with Crippen LogP contribution in [0.4, 0.5) is 5.69 Å². The summed E-state index contributed by atoms with van der Waals surface area (Å²) in [5.41, 5.74) is 3.04. The van der Waals surface area contributed by atoms with Gasteiger partial charge in [-0.05, 0) is 43.7 Å². The molecule has 1 aromatic carbocycles. The first-order valence-electron chi connectivity index (χ1n) is 9.35. The molecule has 3 unspecified atom stereocenters. The highest BCUT2D eigenvalue weighted by Gasteiger charge is 2.35. The smallest absolute Gasteiger partial charge is 0.198 e. The fourth-order valence-electron chi connectivity index (χ4n) is 4.26. The van der Waals surface area contributed by atoms with E-state index in [1.807, 2.05) is 0 Å². The van der Waals surface area contributed by atoms with E-state index in [2.05, 4.69) is 33.8 Å². The molecule has 3 fully saturated rings. The molecule has 136 valence electrons. The van der Waals surface area contributed by atoms with E-state index in [-0.39, 0.29) is 12.4 Å². The van der Waals surface area contributed by atoms with E-state index in [1.54, 1.807) is 0 Å². The Bertz CT molecular complexity index is 725. The molecule has 0 spiro atoms. The first-order chi connectivity index (χ1) is 11.9. The second-order valence-corrected chi connectivity index (χ2v) is 7.49. The van der Waals surface area contributed by atoms with E-state index in [0.29, 0.717) is 23.9 Å². The average Bonchev–Trinajstić information content (AvgIpc) is 3.22. The first kappa shape index (κ1) is 17.1. The Labute approximate surface area is 154 Å². The van der Waals surface area contributed by atoms with Gasteiger partial charge in [-0.25, -0.2) is 4.98 Å². The van der Waals surface area contributed by atoms with Crippen LogP contribution in [0.3, 0.4) is 0 Å². The number of benzene rings is 1. The van der Waals surface area contributed by atoms with Crippen LogP contribution < -0.4 is 10.6 Å². The molecule has 0 bridgehead atoms. The van der Waals surface area contributed by atoms with Gasteiger partial charge < -0.3 is 19.8 Å². The molecule has 6 heteroatoms. The summed E-state index contributed by atoms with van der Waals surface area (Å²) in [6.45, 7) is 2.66. The maximum atomic E-state index is 5.96. The molecule has 0 amide bonds. The van der Waals surface area contributed by atoms with Gasteiger partial charge in [-0.1, -0.05) is 6.42 Å². The van der Waals surface area contributed by atoms with Crippen molar-refractivity contribution in [3.05, 3.63) is 24.1 Å². The molecule has 1 aromatic heterocycles. The van der Waals surface area contributed by atoms with Gasteiger partial charge in [-0.15, -0.1) is 12.4 Å². The third-order valence-electron chi connectivity index (χ3n) is 5.72. The molecule has 2 aliphatic carbocycles. The van der Waals surface area contributed by atoms with Gasteiger partial charge in [0.15, 0.2) is 11.5 Å². The van der Waals surface area contributed by atoms with Crippen molar-refractivity contribution in [1.29, 1.82) is 0 Å². The van der Waals surface area contributed by atoms with E-state index in [9.17, 15) is 0 Å². The molecular weight excluding hydrogens is 338 g/mol. The van der Waals surface area contributed by atoms with Crippen molar-refractivity contribution in [2.75, 3.05) is 25.1 Å². The lowest BCUT2D eigenvalue weighted by Crippen LogP contribution is -2.49. The van der Waals surface area contributed by atoms with Gasteiger partial charge in [0.05, 0.1) is 13.2 Å². The van der Waals surface area contributed by atoms with Gasteiger partial charge >= 0.3 is 0 Å². The van der Waals surface area contributed by atoms with Crippen LogP contribution in [0.2, 0.25) is 0 Å². The fourth-order valence-corrected chi connectivity index (χ4v) is 4.26. The normalized spacial score (nSPS) is 29.5. The lowest BCUT2D eigenvalue weighted by molar-refractivity contribution is 0.0559. The molecule has 0 radical (unpaired) electrons. The predicted octanol–water partition coefficient (Wildman–Crippen LogP) is 3.70. The second-order valence-electron chi connectivity index (χ2n) is 7.49. The Morgan fingerprint density at radius 1 is 1.16 bits per heavy atom. The number of anilines is 1. The lowest BCUT2D eigenvalue weighted by Gasteiger charge is -2.33. The number of ether oxygens (including phenoxy) is 1. The van der Waals surface area contributed by atoms with Crippen LogP contribution in [0, 0.1) is 5.92 Å². The van der Waals surface area contributed by atoms with Crippen LogP contribution in [0.25, 0.3) is 11.1 Å². The van der Waals surface area contributed by atoms with Gasteiger partial charge in [-0.2, -0.15) is 0 Å². The molecule has 2 aromatic rings. The largest absolute Gasteiger partial charge is 0.440 e. The predicted molar refractivity (Wildman–Crippen MR) is 101 cm³/mol. The number of hydrogen-bond donors (Lipinski definition) is 2. The highest BCUT2D eigenvalue weighted by molar-refractivity contribution is 5.85. The monoisotopic (exact) mass is 363 g/mol. The maximum absolute atomic E-state index is 5.96. The number of aromatic nitrogens is 1. The molecule has 2 N–H and O–H groups in total. The minimum Gasteiger partial charge on any atom is -0.440 e. The van der Waals surface area contributed by atoms with Gasteiger partial charge in [0.25, 0.3) is 0 Å². The summed E-state index contributed by atoms with van der Waals surface area (Å²) in [7, 11) is 0. The summed E-state index contributed by atoms with van der Waals surface area (Å²) >= 11 is 0. The molecule has 5 nitrogen and oxygen atoms in total. The lowest BCUT2D eigenvalue weighted by atomic mass is 9.94. The zero-order chi connectivity index (χ0) is 15.9. The van der Waals surface area contributed by atoms with E-state index < -0.39 is 0 Å². The second kappa shape index (κ2) is 7.14. The molecule has 5 rings (SSSR count). The quantitative estimate of drug-likeness (QED) is 0.867. The van der Waals surface area contributed by atoms with Crippen molar-refractivity contribution in [2.45, 2.75) is 50.1 Å². The van der Waals surface area contributed by atoms with Crippen molar-refractivity contribution < 1.29 is 9.15 Å². The van der Waals surface area contributed by atoms with Gasteiger partial charge in [0, 0.05) is 36.3 Å². The Balaban J connectivity index is 0.00000157. The maximum Gasteiger partial charge on any atom is 0.198 e. The molecular formula is C19H26ClN3O2. The number of hydrogen-bond acceptors (Lipinski definition) is 5. The van der Waals surface area contributed by atoms with Crippen LogP contribution in [-0.4, -0.2) is 36.8 Å². The molecule has 25 heavy (non-hydrogen) atoms. The van der Waals surface area contributed by atoms with Crippen LogP contribution >= 0.6 is 12.4 Å². The summed E-state index contributed by atoms with van der Waals surface area (Å²) in [5, 5.41) is 7.39. The Morgan fingerprint density at radius 2 is 2.08 bits per heavy atom. The number of morpholine rings is 1. The summed E-state index contributed by atoms with van der Waals surface area (Å²) in [4.78, 5) is 4.62. The van der Waals surface area contributed by atoms with Crippen LogP contribution in [0.15, 0.2) is 22.6 Å². The Morgan fingerprint density at radius 3 is 2.88 bits per heavy atom. The van der Waals surface area contributed by atoms with Gasteiger partial charge in [0.1, 0.15) is 5.52 Å². The first-order valence-corrected chi connectivity index (χ1v) is 9.35. The highest BCUT2D eigenvalue weighted by atomic mass is 35.5. The van der Waals surface area contributed by atoms with E-state index in [4.69, 9.17) is 9.15 Å². The molecule has 2 saturated carbocycles. The average molecular weight is 364 g/mol.